The van der Waals surface area contributed by atoms with Crippen LogP contribution in [0.15, 0.2) is 17.5 Å². The molecule has 0 saturated carbocycles. The van der Waals surface area contributed by atoms with E-state index in [0.29, 0.717) is 5.56 Å². The highest BCUT2D eigenvalue weighted by Gasteiger charge is 2.19. The van der Waals surface area contributed by atoms with Gasteiger partial charge in [-0.25, -0.2) is 4.79 Å². The number of hydrogen-bond acceptors (Lipinski definition) is 4. The molecule has 0 unspecified atom stereocenters. The molecule has 1 amide bonds. The Labute approximate surface area is 122 Å². The van der Waals surface area contributed by atoms with E-state index in [1.54, 1.807) is 11.4 Å². The molecule has 1 aliphatic heterocycles. The van der Waals surface area contributed by atoms with E-state index in [1.165, 1.54) is 17.4 Å². The van der Waals surface area contributed by atoms with Crippen molar-refractivity contribution in [1.82, 2.24) is 9.80 Å². The molecule has 108 valence electrons. The Morgan fingerprint density at radius 1 is 1.30 bits per heavy atom. The number of carboxylic acids is 1. The summed E-state index contributed by atoms with van der Waals surface area (Å²) in [6, 6.07) is 1.75. The van der Waals surface area contributed by atoms with Crippen molar-refractivity contribution in [2.24, 2.45) is 0 Å². The molecule has 2 rings (SSSR count). The number of likely N-dealkylation sites (N-methyl/N-ethyl adjacent to an activating group) is 1. The first kappa shape index (κ1) is 14.7. The molecule has 1 saturated heterocycles. The van der Waals surface area contributed by atoms with Gasteiger partial charge in [-0.2, -0.15) is 0 Å². The maximum Gasteiger partial charge on any atom is 0.328 e. The minimum absolute atomic E-state index is 0.0338. The lowest BCUT2D eigenvalue weighted by Crippen LogP contribution is -2.34. The van der Waals surface area contributed by atoms with Crippen molar-refractivity contribution in [3.8, 4) is 0 Å². The van der Waals surface area contributed by atoms with Crippen LogP contribution in [0.4, 0.5) is 0 Å². The second-order valence-corrected chi connectivity index (χ2v) is 5.80. The first-order valence-electron chi connectivity index (χ1n) is 6.53. The number of rotatable bonds is 3. The van der Waals surface area contributed by atoms with Gasteiger partial charge in [0.15, 0.2) is 0 Å². The highest BCUT2D eigenvalue weighted by molar-refractivity contribution is 7.11. The largest absolute Gasteiger partial charge is 0.478 e. The van der Waals surface area contributed by atoms with E-state index in [1.807, 2.05) is 4.90 Å². The van der Waals surface area contributed by atoms with Gasteiger partial charge in [-0.05, 0) is 32.2 Å². The van der Waals surface area contributed by atoms with E-state index < -0.39 is 5.97 Å². The van der Waals surface area contributed by atoms with Crippen LogP contribution in [-0.2, 0) is 4.79 Å². The maximum atomic E-state index is 12.4. The molecule has 1 aromatic rings. The molecule has 1 aliphatic rings. The summed E-state index contributed by atoms with van der Waals surface area (Å²) in [5.74, 6) is -0.951. The zero-order valence-corrected chi connectivity index (χ0v) is 12.2. The number of carbonyl (C=O) groups is 2. The third kappa shape index (κ3) is 3.91. The summed E-state index contributed by atoms with van der Waals surface area (Å²) >= 11 is 1.38. The molecule has 1 fully saturated rings. The van der Waals surface area contributed by atoms with E-state index in [2.05, 4.69) is 11.9 Å². The molecule has 1 N–H and O–H groups in total. The lowest BCUT2D eigenvalue weighted by molar-refractivity contribution is -0.131. The fourth-order valence-corrected chi connectivity index (χ4v) is 2.91. The number of thiophene rings is 1. The Balaban J connectivity index is 2.03. The number of carbonyl (C=O) groups excluding carboxylic acids is 1. The van der Waals surface area contributed by atoms with Crippen molar-refractivity contribution in [3.63, 3.8) is 0 Å². The Morgan fingerprint density at radius 2 is 2.10 bits per heavy atom. The summed E-state index contributed by atoms with van der Waals surface area (Å²) in [6.07, 6.45) is 3.58. The molecular formula is C14H18N2O3S. The third-order valence-corrected chi connectivity index (χ3v) is 4.16. The molecule has 0 spiro atoms. The lowest BCUT2D eigenvalue weighted by atomic mass is 10.2. The number of aliphatic carboxylic acids is 1. The van der Waals surface area contributed by atoms with E-state index in [4.69, 9.17) is 5.11 Å². The Hall–Kier alpha value is -1.66. The second-order valence-electron chi connectivity index (χ2n) is 4.86. The topological polar surface area (TPSA) is 60.9 Å². The first-order chi connectivity index (χ1) is 9.56. The van der Waals surface area contributed by atoms with Gasteiger partial charge in [-0.1, -0.05) is 0 Å². The average Bonchev–Trinajstić information content (AvgIpc) is 2.78. The highest BCUT2D eigenvalue weighted by Crippen LogP contribution is 2.18. The van der Waals surface area contributed by atoms with Gasteiger partial charge in [0.1, 0.15) is 0 Å². The molecule has 0 radical (unpaired) electrons. The zero-order valence-electron chi connectivity index (χ0n) is 11.4. The minimum atomic E-state index is -0.984. The molecule has 0 aromatic carbocycles. The molecule has 20 heavy (non-hydrogen) atoms. The molecule has 0 atom stereocenters. The normalized spacial score (nSPS) is 17.4. The van der Waals surface area contributed by atoms with E-state index in [-0.39, 0.29) is 5.91 Å². The van der Waals surface area contributed by atoms with E-state index in [0.717, 1.165) is 43.6 Å². The van der Waals surface area contributed by atoms with Crippen molar-refractivity contribution in [2.45, 2.75) is 6.42 Å². The van der Waals surface area contributed by atoms with Gasteiger partial charge in [0.05, 0.1) is 5.56 Å². The van der Waals surface area contributed by atoms with Gasteiger partial charge in [0.25, 0.3) is 5.91 Å². The van der Waals surface area contributed by atoms with Gasteiger partial charge in [0.2, 0.25) is 0 Å². The average molecular weight is 294 g/mol. The van der Waals surface area contributed by atoms with Crippen LogP contribution >= 0.6 is 11.3 Å². The highest BCUT2D eigenvalue weighted by atomic mass is 32.1. The summed E-state index contributed by atoms with van der Waals surface area (Å²) in [4.78, 5) is 27.7. The van der Waals surface area contributed by atoms with Crippen LogP contribution in [0.3, 0.4) is 0 Å². The summed E-state index contributed by atoms with van der Waals surface area (Å²) < 4.78 is 0. The Morgan fingerprint density at radius 3 is 2.85 bits per heavy atom. The molecule has 2 heterocycles. The van der Waals surface area contributed by atoms with Crippen LogP contribution < -0.4 is 0 Å². The Kier molecular flexibility index (Phi) is 4.92. The molecule has 0 bridgehead atoms. The van der Waals surface area contributed by atoms with Gasteiger partial charge < -0.3 is 14.9 Å². The fraction of sp³-hybridized carbons (Fsp3) is 0.429. The van der Waals surface area contributed by atoms with Gasteiger partial charge >= 0.3 is 5.97 Å². The van der Waals surface area contributed by atoms with Crippen molar-refractivity contribution in [2.75, 3.05) is 33.2 Å². The third-order valence-electron chi connectivity index (χ3n) is 3.26. The molecule has 5 nitrogen and oxygen atoms in total. The van der Waals surface area contributed by atoms with Crippen LogP contribution in [0.2, 0.25) is 0 Å². The lowest BCUT2D eigenvalue weighted by Gasteiger charge is -2.19. The molecule has 0 aliphatic carbocycles. The van der Waals surface area contributed by atoms with Crippen LogP contribution in [0.5, 0.6) is 0 Å². The molecule has 1 aromatic heterocycles. The number of amides is 1. The Bertz CT molecular complexity index is 524. The second kappa shape index (κ2) is 6.67. The monoisotopic (exact) mass is 294 g/mol. The van der Waals surface area contributed by atoms with Crippen LogP contribution in [-0.4, -0.2) is 60.0 Å². The van der Waals surface area contributed by atoms with Gasteiger partial charge in [-0.3, -0.25) is 4.79 Å². The van der Waals surface area contributed by atoms with Crippen molar-refractivity contribution < 1.29 is 14.7 Å². The summed E-state index contributed by atoms with van der Waals surface area (Å²) in [7, 11) is 2.06. The molecule has 6 heteroatoms. The van der Waals surface area contributed by atoms with Gasteiger partial charge in [-0.15, -0.1) is 11.3 Å². The quantitative estimate of drug-likeness (QED) is 0.861. The van der Waals surface area contributed by atoms with E-state index in [9.17, 15) is 9.59 Å². The van der Waals surface area contributed by atoms with Crippen LogP contribution in [0.25, 0.3) is 6.08 Å². The van der Waals surface area contributed by atoms with E-state index >= 15 is 0 Å². The van der Waals surface area contributed by atoms with Crippen molar-refractivity contribution in [1.29, 1.82) is 0 Å². The van der Waals surface area contributed by atoms with Crippen LogP contribution in [0, 0.1) is 0 Å². The number of carboxylic acid groups (broad SMARTS) is 1. The number of hydrogen-bond donors (Lipinski definition) is 1. The minimum Gasteiger partial charge on any atom is -0.478 e. The summed E-state index contributed by atoms with van der Waals surface area (Å²) in [5, 5.41) is 10.4. The summed E-state index contributed by atoms with van der Waals surface area (Å²) in [6.45, 7) is 3.42. The maximum absolute atomic E-state index is 12.4. The predicted molar refractivity (Wildman–Crippen MR) is 79.0 cm³/mol. The van der Waals surface area contributed by atoms with Crippen LogP contribution in [0.1, 0.15) is 21.7 Å². The summed E-state index contributed by atoms with van der Waals surface area (Å²) in [5.41, 5.74) is 0.643. The van der Waals surface area contributed by atoms with Crippen molar-refractivity contribution in [3.05, 3.63) is 28.0 Å². The first-order valence-corrected chi connectivity index (χ1v) is 7.41. The number of nitrogens with zero attached hydrogens (tertiary/aromatic N) is 2. The standard InChI is InChI=1S/C14H18N2O3S/c1-15-5-2-6-16(8-7-15)14(19)11-9-12(20-10-11)3-4-13(17)18/h3-4,9-10H,2,5-8H2,1H3,(H,17,18). The fourth-order valence-electron chi connectivity index (χ4n) is 2.14. The SMILES string of the molecule is CN1CCCN(C(=O)c2csc(C=CC(=O)O)c2)CC1. The smallest absolute Gasteiger partial charge is 0.328 e. The van der Waals surface area contributed by atoms with Gasteiger partial charge in [0, 0.05) is 36.0 Å². The van der Waals surface area contributed by atoms with Crippen molar-refractivity contribution >= 4 is 29.3 Å². The predicted octanol–water partition coefficient (Wildman–Crippen LogP) is 1.62. The molecular weight excluding hydrogens is 276 g/mol. The zero-order chi connectivity index (χ0) is 14.5.